The molecule has 5 nitrogen and oxygen atoms in total. The van der Waals surface area contributed by atoms with Crippen LogP contribution in [0.3, 0.4) is 0 Å². The molecule has 0 bridgehead atoms. The first kappa shape index (κ1) is 10.2. The van der Waals surface area contributed by atoms with Crippen molar-refractivity contribution in [2.75, 3.05) is 0 Å². The number of aryl methyl sites for hydroxylation is 1. The molecule has 0 amide bonds. The summed E-state index contributed by atoms with van der Waals surface area (Å²) in [7, 11) is 0. The fourth-order valence-electron chi connectivity index (χ4n) is 1.11. The molecule has 0 aliphatic heterocycles. The number of benzene rings is 1. The Hall–Kier alpha value is -2.30. The van der Waals surface area contributed by atoms with Gasteiger partial charge in [0.25, 0.3) is 0 Å². The number of rotatable bonds is 3. The van der Waals surface area contributed by atoms with E-state index in [0.29, 0.717) is 5.75 Å². The molecule has 0 spiro atoms. The fourth-order valence-corrected chi connectivity index (χ4v) is 1.11. The lowest BCUT2D eigenvalue weighted by molar-refractivity contribution is 0.0657. The zero-order chi connectivity index (χ0) is 11.5. The Labute approximate surface area is 91.3 Å². The summed E-state index contributed by atoms with van der Waals surface area (Å²) < 4.78 is 10.1. The molecule has 0 aliphatic carbocycles. The maximum atomic E-state index is 10.5. The van der Waals surface area contributed by atoms with Crippen LogP contribution in [0.25, 0.3) is 0 Å². The highest BCUT2D eigenvalue weighted by Gasteiger charge is 2.11. The van der Waals surface area contributed by atoms with Gasteiger partial charge in [0.1, 0.15) is 5.75 Å². The Morgan fingerprint density at radius 3 is 2.62 bits per heavy atom. The molecule has 0 aliphatic rings. The van der Waals surface area contributed by atoms with Gasteiger partial charge in [-0.1, -0.05) is 17.7 Å². The van der Waals surface area contributed by atoms with Crippen LogP contribution in [0.2, 0.25) is 0 Å². The van der Waals surface area contributed by atoms with Crippen LogP contribution in [-0.2, 0) is 0 Å². The summed E-state index contributed by atoms with van der Waals surface area (Å²) in [6, 6.07) is 7.24. The van der Waals surface area contributed by atoms with Crippen LogP contribution < -0.4 is 4.74 Å². The van der Waals surface area contributed by atoms with E-state index in [4.69, 9.17) is 14.3 Å². The normalized spacial score (nSPS) is 10.1. The summed E-state index contributed by atoms with van der Waals surface area (Å²) in [5.41, 5.74) is 1.10. The molecule has 1 aromatic carbocycles. The second kappa shape index (κ2) is 4.06. The summed E-state index contributed by atoms with van der Waals surface area (Å²) in [6.07, 6.45) is 1.02. The van der Waals surface area contributed by atoms with E-state index in [1.54, 1.807) is 12.1 Å². The number of nitrogens with zero attached hydrogens (tertiary/aromatic N) is 1. The largest absolute Gasteiger partial charge is 0.475 e. The molecule has 0 atom stereocenters. The predicted octanol–water partition coefficient (Wildman–Crippen LogP) is 2.47. The zero-order valence-corrected chi connectivity index (χ0v) is 8.51. The molecule has 2 rings (SSSR count). The highest BCUT2D eigenvalue weighted by Crippen LogP contribution is 2.21. The van der Waals surface area contributed by atoms with Crippen molar-refractivity contribution < 1.29 is 19.1 Å². The average molecular weight is 219 g/mol. The first-order chi connectivity index (χ1) is 7.65. The van der Waals surface area contributed by atoms with E-state index in [-0.39, 0.29) is 11.8 Å². The molecule has 0 fully saturated rings. The van der Waals surface area contributed by atoms with Crippen LogP contribution in [0.4, 0.5) is 0 Å². The topological polar surface area (TPSA) is 72.6 Å². The number of carbonyl (C=O) groups is 1. The first-order valence-corrected chi connectivity index (χ1v) is 4.59. The molecule has 1 heterocycles. The average Bonchev–Trinajstić information content (AvgIpc) is 2.70. The first-order valence-electron chi connectivity index (χ1n) is 4.59. The minimum Gasteiger partial charge on any atom is -0.475 e. The summed E-state index contributed by atoms with van der Waals surface area (Å²) in [4.78, 5) is 14.2. The van der Waals surface area contributed by atoms with Crippen LogP contribution in [0.1, 0.15) is 16.1 Å². The van der Waals surface area contributed by atoms with Gasteiger partial charge in [0.05, 0.1) is 6.20 Å². The lowest BCUT2D eigenvalue weighted by Crippen LogP contribution is -1.91. The van der Waals surface area contributed by atoms with Crippen molar-refractivity contribution in [1.29, 1.82) is 0 Å². The summed E-state index contributed by atoms with van der Waals surface area (Å²) in [6.45, 7) is 1.96. The third-order valence-corrected chi connectivity index (χ3v) is 1.92. The maximum absolute atomic E-state index is 10.5. The molecule has 1 N–H and O–H groups in total. The predicted molar refractivity (Wildman–Crippen MR) is 54.7 cm³/mol. The minimum absolute atomic E-state index is 0.0822. The molecule has 2 aromatic rings. The number of aromatic carboxylic acids is 1. The Balaban J connectivity index is 2.14. The van der Waals surface area contributed by atoms with Gasteiger partial charge in [-0.05, 0) is 19.1 Å². The molecule has 1 aromatic heterocycles. The Bertz CT molecular complexity index is 501. The van der Waals surface area contributed by atoms with Gasteiger partial charge in [0, 0.05) is 0 Å². The molecule has 0 radical (unpaired) electrons. The van der Waals surface area contributed by atoms with Gasteiger partial charge < -0.3 is 14.3 Å². The van der Waals surface area contributed by atoms with E-state index in [1.807, 2.05) is 19.1 Å². The van der Waals surface area contributed by atoms with Crippen LogP contribution in [0.5, 0.6) is 11.8 Å². The van der Waals surface area contributed by atoms with Crippen molar-refractivity contribution in [2.45, 2.75) is 6.92 Å². The smallest absolute Gasteiger partial charge is 0.399 e. The van der Waals surface area contributed by atoms with Gasteiger partial charge in [-0.3, -0.25) is 0 Å². The molecule has 5 heteroatoms. The van der Waals surface area contributed by atoms with Crippen LogP contribution in [0, 0.1) is 6.92 Å². The number of hydrogen-bond acceptors (Lipinski definition) is 4. The molecule has 16 heavy (non-hydrogen) atoms. The standard InChI is InChI=1S/C11H9NO4/c1-7-2-4-8(5-3-7)15-11-12-6-9(16-11)10(13)14/h2-6H,1H3,(H,13,14). The van der Waals surface area contributed by atoms with Crippen molar-refractivity contribution >= 4 is 5.97 Å². The third kappa shape index (κ3) is 2.20. The fraction of sp³-hybridized carbons (Fsp3) is 0.0909. The van der Waals surface area contributed by atoms with Gasteiger partial charge in [-0.2, -0.15) is 4.98 Å². The van der Waals surface area contributed by atoms with E-state index >= 15 is 0 Å². The number of carboxylic acids is 1. The van der Waals surface area contributed by atoms with E-state index in [2.05, 4.69) is 4.98 Å². The maximum Gasteiger partial charge on any atom is 0.399 e. The molecule has 0 unspecified atom stereocenters. The molecular weight excluding hydrogens is 210 g/mol. The van der Waals surface area contributed by atoms with Crippen molar-refractivity contribution in [1.82, 2.24) is 4.98 Å². The quantitative estimate of drug-likeness (QED) is 0.858. The van der Waals surface area contributed by atoms with Crippen LogP contribution in [-0.4, -0.2) is 16.1 Å². The summed E-state index contributed by atoms with van der Waals surface area (Å²) in [5.74, 6) is -0.877. The SMILES string of the molecule is Cc1ccc(Oc2ncc(C(=O)O)o2)cc1. The van der Waals surface area contributed by atoms with Crippen molar-refractivity contribution in [2.24, 2.45) is 0 Å². The van der Waals surface area contributed by atoms with Crippen molar-refractivity contribution in [3.63, 3.8) is 0 Å². The van der Waals surface area contributed by atoms with Gasteiger partial charge >= 0.3 is 12.0 Å². The number of ether oxygens (including phenoxy) is 1. The van der Waals surface area contributed by atoms with Crippen molar-refractivity contribution in [3.05, 3.63) is 41.8 Å². The second-order valence-corrected chi connectivity index (χ2v) is 3.21. The summed E-state index contributed by atoms with van der Waals surface area (Å²) in [5, 5.41) is 8.61. The van der Waals surface area contributed by atoms with E-state index < -0.39 is 5.97 Å². The number of aromatic nitrogens is 1. The monoisotopic (exact) mass is 219 g/mol. The van der Waals surface area contributed by atoms with E-state index in [1.165, 1.54) is 0 Å². The number of carboxylic acid groups (broad SMARTS) is 1. The van der Waals surface area contributed by atoms with Crippen LogP contribution >= 0.6 is 0 Å². The number of oxazole rings is 1. The van der Waals surface area contributed by atoms with E-state index in [9.17, 15) is 4.79 Å². The lowest BCUT2D eigenvalue weighted by Gasteiger charge is -1.99. The van der Waals surface area contributed by atoms with Gasteiger partial charge in [0.2, 0.25) is 5.76 Å². The molecule has 0 saturated heterocycles. The third-order valence-electron chi connectivity index (χ3n) is 1.92. The second-order valence-electron chi connectivity index (χ2n) is 3.21. The highest BCUT2D eigenvalue weighted by atomic mass is 16.6. The molecular formula is C11H9NO4. The Morgan fingerprint density at radius 1 is 1.38 bits per heavy atom. The Morgan fingerprint density at radius 2 is 2.06 bits per heavy atom. The van der Waals surface area contributed by atoms with Crippen LogP contribution in [0.15, 0.2) is 34.9 Å². The minimum atomic E-state index is -1.17. The van der Waals surface area contributed by atoms with Gasteiger partial charge in [-0.15, -0.1) is 0 Å². The molecule has 0 saturated carbocycles. The Kier molecular flexibility index (Phi) is 2.59. The van der Waals surface area contributed by atoms with E-state index in [0.717, 1.165) is 11.8 Å². The van der Waals surface area contributed by atoms with Gasteiger partial charge in [-0.25, -0.2) is 4.79 Å². The van der Waals surface area contributed by atoms with Gasteiger partial charge in [0.15, 0.2) is 0 Å². The molecule has 82 valence electrons. The lowest BCUT2D eigenvalue weighted by atomic mass is 10.2. The number of hydrogen-bond donors (Lipinski definition) is 1. The summed E-state index contributed by atoms with van der Waals surface area (Å²) >= 11 is 0. The van der Waals surface area contributed by atoms with Crippen molar-refractivity contribution in [3.8, 4) is 11.8 Å². The zero-order valence-electron chi connectivity index (χ0n) is 8.51. The highest BCUT2D eigenvalue weighted by molar-refractivity contribution is 5.83.